The molecule has 4 rings (SSSR count). The molecule has 30 heavy (non-hydrogen) atoms. The highest BCUT2D eigenvalue weighted by atomic mass is 16.3. The molecule has 1 saturated carbocycles. The van der Waals surface area contributed by atoms with E-state index in [1.807, 2.05) is 35.2 Å². The zero-order chi connectivity index (χ0) is 21.1. The Hall–Kier alpha value is -2.33. The maximum absolute atomic E-state index is 13.5. The maximum Gasteiger partial charge on any atom is 0.254 e. The second-order valence-electron chi connectivity index (χ2n) is 8.78. The van der Waals surface area contributed by atoms with Gasteiger partial charge in [0.05, 0.1) is 11.6 Å². The summed E-state index contributed by atoms with van der Waals surface area (Å²) in [6.07, 6.45) is 4.68. The third-order valence-electron chi connectivity index (χ3n) is 7.21. The van der Waals surface area contributed by atoms with Crippen LogP contribution in [-0.4, -0.2) is 41.1 Å². The van der Waals surface area contributed by atoms with Crippen LogP contribution in [0.4, 0.5) is 5.69 Å². The topological polar surface area (TPSA) is 43.8 Å². The summed E-state index contributed by atoms with van der Waals surface area (Å²) in [5, 5.41) is 11.5. The summed E-state index contributed by atoms with van der Waals surface area (Å²) in [4.78, 5) is 17.8. The van der Waals surface area contributed by atoms with E-state index >= 15 is 0 Å². The third kappa shape index (κ3) is 3.85. The van der Waals surface area contributed by atoms with Gasteiger partial charge < -0.3 is 14.9 Å². The van der Waals surface area contributed by atoms with Gasteiger partial charge >= 0.3 is 0 Å². The van der Waals surface area contributed by atoms with Crippen molar-refractivity contribution in [2.75, 3.05) is 24.5 Å². The fraction of sp³-hybridized carbons (Fsp3) is 0.500. The molecule has 1 heterocycles. The van der Waals surface area contributed by atoms with Crippen molar-refractivity contribution in [2.24, 2.45) is 5.92 Å². The van der Waals surface area contributed by atoms with E-state index < -0.39 is 5.60 Å². The second kappa shape index (κ2) is 8.81. The van der Waals surface area contributed by atoms with Gasteiger partial charge in [-0.2, -0.15) is 0 Å². The summed E-state index contributed by atoms with van der Waals surface area (Å²) in [6.45, 7) is 6.88. The van der Waals surface area contributed by atoms with Crippen molar-refractivity contribution in [3.63, 3.8) is 0 Å². The first-order valence-corrected chi connectivity index (χ1v) is 11.5. The van der Waals surface area contributed by atoms with Crippen LogP contribution in [0.5, 0.6) is 0 Å². The van der Waals surface area contributed by atoms with E-state index in [1.54, 1.807) is 0 Å². The Bertz CT molecular complexity index is 847. The van der Waals surface area contributed by atoms with Gasteiger partial charge in [0.2, 0.25) is 0 Å². The van der Waals surface area contributed by atoms with E-state index in [-0.39, 0.29) is 17.9 Å². The summed E-state index contributed by atoms with van der Waals surface area (Å²) < 4.78 is 0. The minimum absolute atomic E-state index is 0.0704. The highest BCUT2D eigenvalue weighted by molar-refractivity contribution is 5.94. The van der Waals surface area contributed by atoms with E-state index in [0.717, 1.165) is 49.9 Å². The smallest absolute Gasteiger partial charge is 0.254 e. The Morgan fingerprint density at radius 3 is 2.40 bits per heavy atom. The molecule has 2 fully saturated rings. The largest absolute Gasteiger partial charge is 0.389 e. The molecule has 0 unspecified atom stereocenters. The Labute approximate surface area is 180 Å². The van der Waals surface area contributed by atoms with E-state index in [9.17, 15) is 9.90 Å². The number of likely N-dealkylation sites (tertiary alicyclic amines) is 1. The molecule has 0 aromatic heterocycles. The first kappa shape index (κ1) is 20.9. The van der Waals surface area contributed by atoms with Gasteiger partial charge in [-0.1, -0.05) is 43.2 Å². The first-order valence-electron chi connectivity index (χ1n) is 11.5. The van der Waals surface area contributed by atoms with Crippen LogP contribution in [0.1, 0.15) is 67.9 Å². The molecule has 3 atom stereocenters. The quantitative estimate of drug-likeness (QED) is 0.756. The average Bonchev–Trinajstić information content (AvgIpc) is 2.79. The predicted octanol–water partition coefficient (Wildman–Crippen LogP) is 5.04. The summed E-state index contributed by atoms with van der Waals surface area (Å²) >= 11 is 0. The van der Waals surface area contributed by atoms with Gasteiger partial charge in [0.15, 0.2) is 0 Å². The molecule has 4 heteroatoms. The number of fused-ring (bicyclic) bond motifs is 1. The molecule has 0 spiro atoms. The number of hydrogen-bond donors (Lipinski definition) is 1. The van der Waals surface area contributed by atoms with Crippen LogP contribution >= 0.6 is 0 Å². The Morgan fingerprint density at radius 1 is 1.03 bits per heavy atom. The number of benzene rings is 2. The van der Waals surface area contributed by atoms with E-state index in [1.165, 1.54) is 5.69 Å². The molecule has 0 radical (unpaired) electrons. The average molecular weight is 407 g/mol. The molecule has 0 bridgehead atoms. The molecule has 1 amide bonds. The lowest BCUT2D eigenvalue weighted by Gasteiger charge is -2.52. The Balaban J connectivity index is 1.71. The van der Waals surface area contributed by atoms with Crippen molar-refractivity contribution in [1.82, 2.24) is 4.90 Å². The molecule has 2 aliphatic rings. The molecule has 4 nitrogen and oxygen atoms in total. The summed E-state index contributed by atoms with van der Waals surface area (Å²) in [5.41, 5.74) is 2.41. The van der Waals surface area contributed by atoms with Gasteiger partial charge in [0.1, 0.15) is 0 Å². The second-order valence-corrected chi connectivity index (χ2v) is 8.78. The number of hydrogen-bond acceptors (Lipinski definition) is 3. The van der Waals surface area contributed by atoms with Gasteiger partial charge in [-0.3, -0.25) is 4.79 Å². The number of rotatable bonds is 5. The van der Waals surface area contributed by atoms with Crippen molar-refractivity contribution in [2.45, 2.75) is 57.6 Å². The SMILES string of the molecule is CCN(CC)c1ccc([C@@H]2[C@@H]3CCCC[C@]3(O)CCN2C(=O)c2ccccc2)cc1. The van der Waals surface area contributed by atoms with Crippen molar-refractivity contribution in [3.8, 4) is 0 Å². The van der Waals surface area contributed by atoms with Crippen LogP contribution in [0.3, 0.4) is 0 Å². The van der Waals surface area contributed by atoms with Crippen molar-refractivity contribution >= 4 is 11.6 Å². The number of carbonyl (C=O) groups excluding carboxylic acids is 1. The molecular formula is C26H34N2O2. The molecule has 1 aliphatic heterocycles. The summed E-state index contributed by atoms with van der Waals surface area (Å²) in [7, 11) is 0. The van der Waals surface area contributed by atoms with Crippen LogP contribution in [0.2, 0.25) is 0 Å². The number of amides is 1. The molecular weight excluding hydrogens is 372 g/mol. The van der Waals surface area contributed by atoms with Gasteiger partial charge in [-0.05, 0) is 62.9 Å². The number of anilines is 1. The van der Waals surface area contributed by atoms with Gasteiger partial charge in [0.25, 0.3) is 5.91 Å². The number of carbonyl (C=O) groups is 1. The van der Waals surface area contributed by atoms with Crippen LogP contribution < -0.4 is 4.90 Å². The zero-order valence-electron chi connectivity index (χ0n) is 18.3. The van der Waals surface area contributed by atoms with Crippen LogP contribution in [-0.2, 0) is 0 Å². The zero-order valence-corrected chi connectivity index (χ0v) is 18.3. The highest BCUT2D eigenvalue weighted by Crippen LogP contribution is 2.49. The fourth-order valence-electron chi connectivity index (χ4n) is 5.54. The fourth-order valence-corrected chi connectivity index (χ4v) is 5.54. The van der Waals surface area contributed by atoms with Crippen LogP contribution in [0.25, 0.3) is 0 Å². The number of nitrogens with zero attached hydrogens (tertiary/aromatic N) is 2. The van der Waals surface area contributed by atoms with E-state index in [4.69, 9.17) is 0 Å². The van der Waals surface area contributed by atoms with Crippen LogP contribution in [0, 0.1) is 5.92 Å². The van der Waals surface area contributed by atoms with E-state index in [0.29, 0.717) is 13.0 Å². The molecule has 2 aromatic carbocycles. The minimum Gasteiger partial charge on any atom is -0.389 e. The lowest BCUT2D eigenvalue weighted by molar-refractivity contribution is -0.115. The summed E-state index contributed by atoms with van der Waals surface area (Å²) in [6, 6.07) is 18.2. The Kier molecular flexibility index (Phi) is 6.14. The third-order valence-corrected chi connectivity index (χ3v) is 7.21. The number of piperidine rings is 1. The maximum atomic E-state index is 13.5. The molecule has 2 aromatic rings. The lowest BCUT2D eigenvalue weighted by Crippen LogP contribution is -2.56. The van der Waals surface area contributed by atoms with Gasteiger partial charge in [-0.25, -0.2) is 0 Å². The lowest BCUT2D eigenvalue weighted by atomic mass is 9.66. The monoisotopic (exact) mass is 406 g/mol. The standard InChI is InChI=1S/C26H34N2O2/c1-3-27(4-2)22-15-13-20(14-16-22)24-23-12-8-9-17-26(23,30)18-19-28(24)25(29)21-10-6-5-7-11-21/h5-7,10-11,13-16,23-24,30H,3-4,8-9,12,17-19H2,1-2H3/t23-,24+,26-/m0/s1. The van der Waals surface area contributed by atoms with E-state index in [2.05, 4.69) is 43.0 Å². The van der Waals surface area contributed by atoms with Gasteiger partial charge in [0, 0.05) is 36.8 Å². The minimum atomic E-state index is -0.659. The first-order chi connectivity index (χ1) is 14.6. The van der Waals surface area contributed by atoms with Crippen LogP contribution in [0.15, 0.2) is 54.6 Å². The van der Waals surface area contributed by atoms with Crippen molar-refractivity contribution in [1.29, 1.82) is 0 Å². The highest BCUT2D eigenvalue weighted by Gasteiger charge is 2.50. The molecule has 1 aliphatic carbocycles. The predicted molar refractivity (Wildman–Crippen MR) is 122 cm³/mol. The van der Waals surface area contributed by atoms with Gasteiger partial charge in [-0.15, -0.1) is 0 Å². The summed E-state index contributed by atoms with van der Waals surface area (Å²) in [5.74, 6) is 0.160. The molecule has 1 saturated heterocycles. The normalized spacial score (nSPS) is 26.2. The van der Waals surface area contributed by atoms with Crippen molar-refractivity contribution in [3.05, 3.63) is 65.7 Å². The van der Waals surface area contributed by atoms with Crippen molar-refractivity contribution < 1.29 is 9.90 Å². The Morgan fingerprint density at radius 2 is 1.73 bits per heavy atom. The molecule has 1 N–H and O–H groups in total. The number of aliphatic hydroxyl groups is 1. The molecule has 160 valence electrons.